The molecular formula is C11H8FN5O. The van der Waals surface area contributed by atoms with E-state index in [-0.39, 0.29) is 18.2 Å². The largest absolute Gasteiger partial charge is 0.434 e. The second kappa shape index (κ2) is 5.60. The highest BCUT2D eigenvalue weighted by Crippen LogP contribution is 2.23. The predicted molar refractivity (Wildman–Crippen MR) is 61.4 cm³/mol. The van der Waals surface area contributed by atoms with Crippen molar-refractivity contribution in [1.29, 1.82) is 0 Å². The Bertz CT molecular complexity index is 583. The van der Waals surface area contributed by atoms with E-state index in [1.165, 1.54) is 36.8 Å². The molecular weight excluding hydrogens is 237 g/mol. The molecule has 0 unspecified atom stereocenters. The molecule has 1 heterocycles. The number of azide groups is 1. The molecule has 90 valence electrons. The van der Waals surface area contributed by atoms with Gasteiger partial charge in [0.1, 0.15) is 0 Å². The van der Waals surface area contributed by atoms with Crippen LogP contribution in [-0.2, 0) is 6.54 Å². The van der Waals surface area contributed by atoms with Crippen molar-refractivity contribution in [2.45, 2.75) is 6.54 Å². The van der Waals surface area contributed by atoms with Crippen LogP contribution in [0.4, 0.5) is 4.39 Å². The highest BCUT2D eigenvalue weighted by molar-refractivity contribution is 5.32. The summed E-state index contributed by atoms with van der Waals surface area (Å²) in [5, 5.41) is 3.39. The summed E-state index contributed by atoms with van der Waals surface area (Å²) in [6.45, 7) is 0.133. The number of halogens is 1. The minimum absolute atomic E-state index is 0.0149. The van der Waals surface area contributed by atoms with Gasteiger partial charge in [0.05, 0.1) is 12.7 Å². The average Bonchev–Trinajstić information content (AvgIpc) is 2.41. The van der Waals surface area contributed by atoms with Gasteiger partial charge >= 0.3 is 0 Å². The molecule has 0 saturated heterocycles. The molecule has 7 heteroatoms. The Morgan fingerprint density at radius 2 is 2.28 bits per heavy atom. The summed E-state index contributed by atoms with van der Waals surface area (Å²) in [7, 11) is 0. The smallest absolute Gasteiger partial charge is 0.237 e. The van der Waals surface area contributed by atoms with Gasteiger partial charge in [-0.2, -0.15) is 0 Å². The van der Waals surface area contributed by atoms with Crippen LogP contribution in [0.1, 0.15) is 5.56 Å². The molecule has 0 aliphatic heterocycles. The van der Waals surface area contributed by atoms with Crippen LogP contribution in [0.5, 0.6) is 11.6 Å². The van der Waals surface area contributed by atoms with Crippen molar-refractivity contribution in [2.75, 3.05) is 0 Å². The first kappa shape index (κ1) is 11.8. The maximum absolute atomic E-state index is 13.5. The molecule has 0 bridgehead atoms. The summed E-state index contributed by atoms with van der Waals surface area (Å²) >= 11 is 0. The molecule has 1 aromatic heterocycles. The van der Waals surface area contributed by atoms with Crippen LogP contribution in [0, 0.1) is 5.82 Å². The van der Waals surface area contributed by atoms with Crippen LogP contribution >= 0.6 is 0 Å². The number of ether oxygens (including phenoxy) is 1. The molecule has 0 aliphatic rings. The molecule has 6 nitrogen and oxygen atoms in total. The normalized spacial score (nSPS) is 9.61. The Kier molecular flexibility index (Phi) is 3.68. The van der Waals surface area contributed by atoms with Gasteiger partial charge in [-0.15, -0.1) is 0 Å². The lowest BCUT2D eigenvalue weighted by Crippen LogP contribution is -1.93. The molecule has 0 aliphatic carbocycles. The summed E-state index contributed by atoms with van der Waals surface area (Å²) in [6, 6.07) is 4.22. The van der Waals surface area contributed by atoms with E-state index in [1.807, 2.05) is 0 Å². The molecule has 0 radical (unpaired) electrons. The van der Waals surface area contributed by atoms with E-state index in [0.717, 1.165) is 0 Å². The van der Waals surface area contributed by atoms with Crippen molar-refractivity contribution in [3.8, 4) is 11.6 Å². The van der Waals surface area contributed by atoms with Gasteiger partial charge in [-0.1, -0.05) is 11.2 Å². The number of hydrogen-bond donors (Lipinski definition) is 0. The van der Waals surface area contributed by atoms with Crippen LogP contribution < -0.4 is 4.74 Å². The van der Waals surface area contributed by atoms with Gasteiger partial charge in [-0.3, -0.25) is 4.98 Å². The van der Waals surface area contributed by atoms with E-state index >= 15 is 0 Å². The van der Waals surface area contributed by atoms with Crippen LogP contribution in [-0.4, -0.2) is 9.97 Å². The van der Waals surface area contributed by atoms with Crippen LogP contribution in [0.2, 0.25) is 0 Å². The molecule has 2 rings (SSSR count). The number of benzene rings is 1. The molecule has 1 aromatic carbocycles. The maximum Gasteiger partial charge on any atom is 0.237 e. The zero-order valence-electron chi connectivity index (χ0n) is 9.19. The minimum Gasteiger partial charge on any atom is -0.434 e. The third-order valence-electron chi connectivity index (χ3n) is 2.07. The first-order chi connectivity index (χ1) is 8.79. The number of nitrogens with zero attached hydrogens (tertiary/aromatic N) is 5. The van der Waals surface area contributed by atoms with E-state index < -0.39 is 5.82 Å². The van der Waals surface area contributed by atoms with Crippen molar-refractivity contribution in [3.63, 3.8) is 0 Å². The van der Waals surface area contributed by atoms with E-state index in [9.17, 15) is 4.39 Å². The molecule has 0 amide bonds. The molecule has 0 atom stereocenters. The van der Waals surface area contributed by atoms with Crippen molar-refractivity contribution in [1.82, 2.24) is 9.97 Å². The maximum atomic E-state index is 13.5. The minimum atomic E-state index is -0.523. The molecule has 2 aromatic rings. The van der Waals surface area contributed by atoms with Gasteiger partial charge in [0.15, 0.2) is 11.6 Å². The predicted octanol–water partition coefficient (Wildman–Crippen LogP) is 3.22. The fraction of sp³-hybridized carbons (Fsp3) is 0.0909. The average molecular weight is 245 g/mol. The topological polar surface area (TPSA) is 83.8 Å². The monoisotopic (exact) mass is 245 g/mol. The van der Waals surface area contributed by atoms with E-state index in [0.29, 0.717) is 5.56 Å². The number of rotatable bonds is 4. The standard InChI is InChI=1S/C11H8FN5O/c12-9-2-1-8(6-16-17-13)5-10(9)18-11-7-14-3-4-15-11/h1-5,7H,6H2. The zero-order chi connectivity index (χ0) is 12.8. The highest BCUT2D eigenvalue weighted by atomic mass is 19.1. The van der Waals surface area contributed by atoms with Gasteiger partial charge in [0.2, 0.25) is 5.88 Å². The number of hydrogen-bond acceptors (Lipinski definition) is 4. The van der Waals surface area contributed by atoms with Gasteiger partial charge in [-0.05, 0) is 23.2 Å². The van der Waals surface area contributed by atoms with Gasteiger partial charge in [0.25, 0.3) is 0 Å². The zero-order valence-corrected chi connectivity index (χ0v) is 9.19. The summed E-state index contributed by atoms with van der Waals surface area (Å²) in [6.07, 6.45) is 4.30. The highest BCUT2D eigenvalue weighted by Gasteiger charge is 2.06. The summed E-state index contributed by atoms with van der Waals surface area (Å²) in [5.41, 5.74) is 8.87. The molecule has 18 heavy (non-hydrogen) atoms. The van der Waals surface area contributed by atoms with Crippen molar-refractivity contribution < 1.29 is 9.13 Å². The molecule has 0 N–H and O–H groups in total. The second-order valence-electron chi connectivity index (χ2n) is 3.30. The third-order valence-corrected chi connectivity index (χ3v) is 2.07. The number of aromatic nitrogens is 2. The fourth-order valence-electron chi connectivity index (χ4n) is 1.29. The van der Waals surface area contributed by atoms with Crippen LogP contribution in [0.15, 0.2) is 41.9 Å². The lowest BCUT2D eigenvalue weighted by molar-refractivity contribution is 0.425. The first-order valence-electron chi connectivity index (χ1n) is 5.03. The van der Waals surface area contributed by atoms with E-state index in [1.54, 1.807) is 0 Å². The second-order valence-corrected chi connectivity index (χ2v) is 3.30. The molecule has 0 saturated carbocycles. The Morgan fingerprint density at radius 3 is 3.00 bits per heavy atom. The van der Waals surface area contributed by atoms with Crippen LogP contribution in [0.3, 0.4) is 0 Å². The van der Waals surface area contributed by atoms with E-state index in [4.69, 9.17) is 10.3 Å². The van der Waals surface area contributed by atoms with Gasteiger partial charge in [-0.25, -0.2) is 9.37 Å². The van der Waals surface area contributed by atoms with Crippen molar-refractivity contribution in [2.24, 2.45) is 5.11 Å². The summed E-state index contributed by atoms with van der Waals surface area (Å²) in [5.74, 6) is -0.316. The lowest BCUT2D eigenvalue weighted by Gasteiger charge is -2.06. The van der Waals surface area contributed by atoms with Crippen LogP contribution in [0.25, 0.3) is 10.4 Å². The Balaban J connectivity index is 2.23. The Hall–Kier alpha value is -2.66. The Morgan fingerprint density at radius 1 is 1.39 bits per heavy atom. The van der Waals surface area contributed by atoms with Gasteiger partial charge in [0, 0.05) is 17.3 Å². The quantitative estimate of drug-likeness (QED) is 0.471. The van der Waals surface area contributed by atoms with Gasteiger partial charge < -0.3 is 4.74 Å². The van der Waals surface area contributed by atoms with Crippen molar-refractivity contribution in [3.05, 3.63) is 58.6 Å². The molecule has 0 spiro atoms. The fourth-order valence-corrected chi connectivity index (χ4v) is 1.29. The van der Waals surface area contributed by atoms with Crippen molar-refractivity contribution >= 4 is 0 Å². The lowest BCUT2D eigenvalue weighted by atomic mass is 10.2. The first-order valence-corrected chi connectivity index (χ1v) is 5.03. The molecule has 0 fully saturated rings. The Labute approximate surface area is 102 Å². The third kappa shape index (κ3) is 2.93. The summed E-state index contributed by atoms with van der Waals surface area (Å²) in [4.78, 5) is 10.3. The SMILES string of the molecule is [N-]=[N+]=NCc1ccc(F)c(Oc2cnccn2)c1. The van der Waals surface area contributed by atoms with E-state index in [2.05, 4.69) is 20.0 Å². The summed E-state index contributed by atoms with van der Waals surface area (Å²) < 4.78 is 18.7.